The normalized spacial score (nSPS) is 13.1. The van der Waals surface area contributed by atoms with E-state index in [1.165, 1.54) is 26.4 Å². The minimum Gasteiger partial charge on any atom is -0.387 e. The van der Waals surface area contributed by atoms with Crippen molar-refractivity contribution < 1.29 is 19.0 Å². The Balaban J connectivity index is 2.72. The summed E-state index contributed by atoms with van der Waals surface area (Å²) in [6, 6.07) is 4.48. The average Bonchev–Trinajstić information content (AvgIpc) is 2.24. The molecular formula is C12H17FO3. The fraction of sp³-hybridized carbons (Fsp3) is 0.500. The molecule has 0 aliphatic rings. The van der Waals surface area contributed by atoms with Crippen LogP contribution in [0.1, 0.15) is 11.1 Å². The Morgan fingerprint density at radius 2 is 1.94 bits per heavy atom. The monoisotopic (exact) mass is 228 g/mol. The fourth-order valence-corrected chi connectivity index (χ4v) is 1.62. The van der Waals surface area contributed by atoms with Crippen LogP contribution in [0.2, 0.25) is 0 Å². The van der Waals surface area contributed by atoms with Gasteiger partial charge in [0.05, 0.1) is 0 Å². The number of ether oxygens (including phenoxy) is 2. The molecule has 0 saturated carbocycles. The molecule has 0 aliphatic heterocycles. The van der Waals surface area contributed by atoms with E-state index in [9.17, 15) is 9.50 Å². The summed E-state index contributed by atoms with van der Waals surface area (Å²) in [7, 11) is 2.93. The Kier molecular flexibility index (Phi) is 4.86. The van der Waals surface area contributed by atoms with Gasteiger partial charge in [-0.1, -0.05) is 6.07 Å². The molecule has 1 aromatic rings. The lowest BCUT2D eigenvalue weighted by Crippen LogP contribution is -2.31. The van der Waals surface area contributed by atoms with Crippen molar-refractivity contribution in [1.29, 1.82) is 0 Å². The first kappa shape index (κ1) is 13.1. The van der Waals surface area contributed by atoms with E-state index >= 15 is 0 Å². The summed E-state index contributed by atoms with van der Waals surface area (Å²) in [5, 5.41) is 9.81. The lowest BCUT2D eigenvalue weighted by atomic mass is 10.0. The third-order valence-corrected chi connectivity index (χ3v) is 2.51. The summed E-state index contributed by atoms with van der Waals surface area (Å²) in [5.41, 5.74) is 1.69. The van der Waals surface area contributed by atoms with Gasteiger partial charge >= 0.3 is 0 Å². The largest absolute Gasteiger partial charge is 0.387 e. The number of halogens is 1. The van der Waals surface area contributed by atoms with Gasteiger partial charge in [0.2, 0.25) is 0 Å². The number of rotatable bonds is 5. The summed E-state index contributed by atoms with van der Waals surface area (Å²) in [6.07, 6.45) is -1.05. The lowest BCUT2D eigenvalue weighted by molar-refractivity contribution is -0.163. The quantitative estimate of drug-likeness (QED) is 0.779. The molecule has 0 spiro atoms. The lowest BCUT2D eigenvalue weighted by Gasteiger charge is -2.20. The van der Waals surface area contributed by atoms with Gasteiger partial charge in [-0.3, -0.25) is 0 Å². The van der Waals surface area contributed by atoms with Crippen molar-refractivity contribution in [2.75, 3.05) is 14.2 Å². The SMILES string of the molecule is COC(OC)C(O)Cc1ccc(F)cc1C. The first-order valence-corrected chi connectivity index (χ1v) is 5.07. The highest BCUT2D eigenvalue weighted by molar-refractivity contribution is 5.27. The van der Waals surface area contributed by atoms with Gasteiger partial charge in [0, 0.05) is 20.6 Å². The van der Waals surface area contributed by atoms with Gasteiger partial charge in [0.15, 0.2) is 6.29 Å². The predicted molar refractivity (Wildman–Crippen MR) is 58.7 cm³/mol. The van der Waals surface area contributed by atoms with E-state index < -0.39 is 12.4 Å². The molecule has 0 bridgehead atoms. The number of aryl methyl sites for hydroxylation is 1. The van der Waals surface area contributed by atoms with Crippen LogP contribution < -0.4 is 0 Å². The number of hydrogen-bond acceptors (Lipinski definition) is 3. The molecule has 0 heterocycles. The molecule has 16 heavy (non-hydrogen) atoms. The summed E-state index contributed by atoms with van der Waals surface area (Å²) in [4.78, 5) is 0. The predicted octanol–water partition coefficient (Wildman–Crippen LogP) is 1.66. The van der Waals surface area contributed by atoms with Crippen LogP contribution in [0, 0.1) is 12.7 Å². The van der Waals surface area contributed by atoms with Crippen LogP contribution in [0.25, 0.3) is 0 Å². The maximum absolute atomic E-state index is 12.9. The number of methoxy groups -OCH3 is 2. The van der Waals surface area contributed by atoms with Gasteiger partial charge in [0.25, 0.3) is 0 Å². The molecule has 4 heteroatoms. The van der Waals surface area contributed by atoms with Gasteiger partial charge in [-0.05, 0) is 30.2 Å². The number of aliphatic hydroxyl groups excluding tert-OH is 1. The Labute approximate surface area is 94.8 Å². The summed E-state index contributed by atoms with van der Waals surface area (Å²) < 4.78 is 22.8. The van der Waals surface area contributed by atoms with Gasteiger partial charge in [-0.25, -0.2) is 4.39 Å². The molecule has 0 radical (unpaired) electrons. The highest BCUT2D eigenvalue weighted by Crippen LogP contribution is 2.14. The van der Waals surface area contributed by atoms with Gasteiger partial charge in [-0.2, -0.15) is 0 Å². The Morgan fingerprint density at radius 3 is 2.44 bits per heavy atom. The van der Waals surface area contributed by atoms with Crippen LogP contribution in [0.15, 0.2) is 18.2 Å². The van der Waals surface area contributed by atoms with E-state index in [0.717, 1.165) is 11.1 Å². The van der Waals surface area contributed by atoms with Crippen LogP contribution in [0.3, 0.4) is 0 Å². The van der Waals surface area contributed by atoms with E-state index in [1.807, 2.05) is 0 Å². The van der Waals surface area contributed by atoms with Crippen molar-refractivity contribution in [3.63, 3.8) is 0 Å². The highest BCUT2D eigenvalue weighted by atomic mass is 19.1. The van der Waals surface area contributed by atoms with E-state index in [1.54, 1.807) is 13.0 Å². The van der Waals surface area contributed by atoms with E-state index in [-0.39, 0.29) is 5.82 Å². The molecule has 0 amide bonds. The maximum Gasteiger partial charge on any atom is 0.183 e. The standard InChI is InChI=1S/C12H17FO3/c1-8-6-10(13)5-4-9(8)7-11(14)12(15-2)16-3/h4-6,11-12,14H,7H2,1-3H3. The first-order valence-electron chi connectivity index (χ1n) is 5.07. The van der Waals surface area contributed by atoms with Crippen LogP contribution in [0.4, 0.5) is 4.39 Å². The van der Waals surface area contributed by atoms with Gasteiger partial charge < -0.3 is 14.6 Å². The molecule has 1 unspecified atom stereocenters. The molecule has 3 nitrogen and oxygen atoms in total. The van der Waals surface area contributed by atoms with Crippen molar-refractivity contribution in [3.8, 4) is 0 Å². The van der Waals surface area contributed by atoms with Crippen molar-refractivity contribution in [1.82, 2.24) is 0 Å². The van der Waals surface area contributed by atoms with Crippen LogP contribution in [0.5, 0.6) is 0 Å². The molecule has 0 fully saturated rings. The molecule has 0 saturated heterocycles. The highest BCUT2D eigenvalue weighted by Gasteiger charge is 2.19. The third-order valence-electron chi connectivity index (χ3n) is 2.51. The minimum absolute atomic E-state index is 0.272. The van der Waals surface area contributed by atoms with E-state index in [2.05, 4.69) is 0 Å². The summed E-state index contributed by atoms with van der Waals surface area (Å²) >= 11 is 0. The zero-order chi connectivity index (χ0) is 12.1. The van der Waals surface area contributed by atoms with Gasteiger partial charge in [-0.15, -0.1) is 0 Å². The number of benzene rings is 1. The Hall–Kier alpha value is -0.970. The zero-order valence-electron chi connectivity index (χ0n) is 9.74. The number of aliphatic hydroxyl groups is 1. The molecule has 1 aromatic carbocycles. The maximum atomic E-state index is 12.9. The molecule has 1 atom stereocenters. The third kappa shape index (κ3) is 3.27. The molecule has 90 valence electrons. The topological polar surface area (TPSA) is 38.7 Å². The first-order chi connectivity index (χ1) is 7.58. The van der Waals surface area contributed by atoms with Crippen LogP contribution in [-0.2, 0) is 15.9 Å². The molecular weight excluding hydrogens is 211 g/mol. The summed E-state index contributed by atoms with van der Waals surface area (Å²) in [6.45, 7) is 1.81. The fourth-order valence-electron chi connectivity index (χ4n) is 1.62. The second-order valence-electron chi connectivity index (χ2n) is 3.68. The van der Waals surface area contributed by atoms with Crippen molar-refractivity contribution in [2.45, 2.75) is 25.7 Å². The zero-order valence-corrected chi connectivity index (χ0v) is 9.74. The molecule has 0 aromatic heterocycles. The van der Waals surface area contributed by atoms with Crippen molar-refractivity contribution in [3.05, 3.63) is 35.1 Å². The van der Waals surface area contributed by atoms with Crippen LogP contribution >= 0.6 is 0 Å². The van der Waals surface area contributed by atoms with Crippen molar-refractivity contribution in [2.24, 2.45) is 0 Å². The second kappa shape index (κ2) is 5.94. The van der Waals surface area contributed by atoms with E-state index in [0.29, 0.717) is 6.42 Å². The molecule has 0 aliphatic carbocycles. The molecule has 1 N–H and O–H groups in total. The second-order valence-corrected chi connectivity index (χ2v) is 3.68. The Bertz CT molecular complexity index is 337. The van der Waals surface area contributed by atoms with Crippen molar-refractivity contribution >= 4 is 0 Å². The minimum atomic E-state index is -0.765. The van der Waals surface area contributed by atoms with Gasteiger partial charge in [0.1, 0.15) is 11.9 Å². The Morgan fingerprint density at radius 1 is 1.31 bits per heavy atom. The number of hydrogen-bond donors (Lipinski definition) is 1. The average molecular weight is 228 g/mol. The van der Waals surface area contributed by atoms with E-state index in [4.69, 9.17) is 9.47 Å². The summed E-state index contributed by atoms with van der Waals surface area (Å²) in [5.74, 6) is -0.272. The molecule has 1 rings (SSSR count). The van der Waals surface area contributed by atoms with Crippen LogP contribution in [-0.4, -0.2) is 31.7 Å². The smallest absolute Gasteiger partial charge is 0.183 e.